The molecule has 0 spiro atoms. The van der Waals surface area contributed by atoms with Crippen LogP contribution < -0.4 is 5.32 Å². The van der Waals surface area contributed by atoms with Crippen molar-refractivity contribution >= 4 is 15.9 Å². The first-order chi connectivity index (χ1) is 9.90. The normalized spacial score (nSPS) is 13.2. The molecule has 0 heterocycles. The fourth-order valence-corrected chi connectivity index (χ4v) is 2.66. The average Bonchev–Trinajstić information content (AvgIpc) is 2.44. The number of nitrogens with one attached hydrogen (secondary N) is 1. The summed E-state index contributed by atoms with van der Waals surface area (Å²) in [7, 11) is 1.75. The molecule has 0 fully saturated rings. The van der Waals surface area contributed by atoms with E-state index in [0.29, 0.717) is 12.0 Å². The molecule has 2 aromatic rings. The zero-order chi connectivity index (χ0) is 15.5. The Balaban J connectivity index is 2.25. The van der Waals surface area contributed by atoms with Crippen LogP contribution in [0, 0.1) is 0 Å². The number of benzene rings is 2. The lowest BCUT2D eigenvalue weighted by molar-refractivity contribution is -0.137. The van der Waals surface area contributed by atoms with Gasteiger partial charge in [-0.1, -0.05) is 40.2 Å². The fourth-order valence-electron chi connectivity index (χ4n) is 2.22. The summed E-state index contributed by atoms with van der Waals surface area (Å²) in [4.78, 5) is 0. The first kappa shape index (κ1) is 16.0. The second-order valence-electron chi connectivity index (χ2n) is 4.80. The van der Waals surface area contributed by atoms with Crippen molar-refractivity contribution in [1.82, 2.24) is 5.32 Å². The molecule has 21 heavy (non-hydrogen) atoms. The third-order valence-electron chi connectivity index (χ3n) is 3.29. The van der Waals surface area contributed by atoms with E-state index in [1.165, 1.54) is 12.1 Å². The van der Waals surface area contributed by atoms with Gasteiger partial charge in [-0.05, 0) is 48.9 Å². The topological polar surface area (TPSA) is 12.0 Å². The summed E-state index contributed by atoms with van der Waals surface area (Å²) in [5.41, 5.74) is 1.07. The van der Waals surface area contributed by atoms with Crippen LogP contribution in [0.15, 0.2) is 53.0 Å². The Kier molecular flexibility index (Phi) is 5.06. The number of rotatable bonds is 4. The molecule has 0 saturated heterocycles. The number of alkyl halides is 3. The predicted octanol–water partition coefficient (Wildman–Crippen LogP) is 4.97. The Morgan fingerprint density at radius 1 is 1.10 bits per heavy atom. The van der Waals surface area contributed by atoms with Crippen LogP contribution in [0.1, 0.15) is 22.7 Å². The molecular weight excluding hydrogens is 343 g/mol. The molecule has 0 aromatic heterocycles. The van der Waals surface area contributed by atoms with Crippen molar-refractivity contribution in [2.75, 3.05) is 7.05 Å². The molecule has 112 valence electrons. The van der Waals surface area contributed by atoms with Gasteiger partial charge in [-0.2, -0.15) is 13.2 Å². The van der Waals surface area contributed by atoms with Crippen LogP contribution in [0.25, 0.3) is 0 Å². The van der Waals surface area contributed by atoms with Gasteiger partial charge in [0.05, 0.1) is 5.56 Å². The van der Waals surface area contributed by atoms with E-state index in [4.69, 9.17) is 0 Å². The van der Waals surface area contributed by atoms with E-state index in [1.807, 2.05) is 24.3 Å². The molecule has 0 aliphatic heterocycles. The highest BCUT2D eigenvalue weighted by molar-refractivity contribution is 9.10. The first-order valence-corrected chi connectivity index (χ1v) is 7.28. The van der Waals surface area contributed by atoms with Gasteiger partial charge in [-0.15, -0.1) is 0 Å². The predicted molar refractivity (Wildman–Crippen MR) is 81.1 cm³/mol. The summed E-state index contributed by atoms with van der Waals surface area (Å²) in [5.74, 6) is 0. The number of halogens is 4. The van der Waals surface area contributed by atoms with Crippen molar-refractivity contribution in [2.45, 2.75) is 18.6 Å². The minimum absolute atomic E-state index is 0.165. The van der Waals surface area contributed by atoms with Gasteiger partial charge in [0.2, 0.25) is 0 Å². The molecule has 0 saturated carbocycles. The van der Waals surface area contributed by atoms with E-state index >= 15 is 0 Å². The maximum Gasteiger partial charge on any atom is 0.416 e. The molecule has 0 bridgehead atoms. The molecule has 2 aromatic carbocycles. The summed E-state index contributed by atoms with van der Waals surface area (Å²) in [6, 6.07) is 13.1. The zero-order valence-electron chi connectivity index (χ0n) is 11.4. The number of likely N-dealkylation sites (N-methyl/N-ethyl adjacent to an activating group) is 1. The van der Waals surface area contributed by atoms with Gasteiger partial charge in [-0.3, -0.25) is 0 Å². The van der Waals surface area contributed by atoms with Gasteiger partial charge in [0.25, 0.3) is 0 Å². The van der Waals surface area contributed by atoms with Gasteiger partial charge in [0.15, 0.2) is 0 Å². The lowest BCUT2D eigenvalue weighted by Gasteiger charge is -2.18. The summed E-state index contributed by atoms with van der Waals surface area (Å²) < 4.78 is 39.3. The van der Waals surface area contributed by atoms with Gasteiger partial charge < -0.3 is 5.32 Å². The SMILES string of the molecule is CNC(Cc1cccc(Br)c1)c1cccc(C(F)(F)F)c1. The van der Waals surface area contributed by atoms with Gasteiger partial charge in [0, 0.05) is 10.5 Å². The van der Waals surface area contributed by atoms with E-state index in [0.717, 1.165) is 16.1 Å². The van der Waals surface area contributed by atoms with E-state index in [2.05, 4.69) is 21.2 Å². The highest BCUT2D eigenvalue weighted by Gasteiger charge is 2.30. The Morgan fingerprint density at radius 2 is 1.81 bits per heavy atom. The standard InChI is InChI=1S/C16H15BrF3N/c1-21-15(9-11-4-2-7-14(17)8-11)12-5-3-6-13(10-12)16(18,19)20/h2-8,10,15,21H,9H2,1H3. The smallest absolute Gasteiger partial charge is 0.313 e. The fraction of sp³-hybridized carbons (Fsp3) is 0.250. The summed E-state index contributed by atoms with van der Waals surface area (Å²) in [6.07, 6.45) is -3.69. The van der Waals surface area contributed by atoms with Crippen LogP contribution in [-0.4, -0.2) is 7.05 Å². The van der Waals surface area contributed by atoms with E-state index in [1.54, 1.807) is 13.1 Å². The molecule has 2 rings (SSSR count). The molecule has 0 radical (unpaired) electrons. The molecular formula is C16H15BrF3N. The van der Waals surface area contributed by atoms with E-state index in [-0.39, 0.29) is 6.04 Å². The van der Waals surface area contributed by atoms with Gasteiger partial charge in [0.1, 0.15) is 0 Å². The third kappa shape index (κ3) is 4.32. The van der Waals surface area contributed by atoms with E-state index in [9.17, 15) is 13.2 Å². The first-order valence-electron chi connectivity index (χ1n) is 6.49. The Labute approximate surface area is 130 Å². The van der Waals surface area contributed by atoms with Crippen molar-refractivity contribution in [1.29, 1.82) is 0 Å². The van der Waals surface area contributed by atoms with Crippen LogP contribution in [0.5, 0.6) is 0 Å². The second kappa shape index (κ2) is 6.62. The maximum absolute atomic E-state index is 12.8. The third-order valence-corrected chi connectivity index (χ3v) is 3.79. The van der Waals surface area contributed by atoms with Crippen LogP contribution in [0.2, 0.25) is 0 Å². The van der Waals surface area contributed by atoms with Crippen molar-refractivity contribution < 1.29 is 13.2 Å². The highest BCUT2D eigenvalue weighted by atomic mass is 79.9. The van der Waals surface area contributed by atoms with Crippen molar-refractivity contribution in [3.8, 4) is 0 Å². The second-order valence-corrected chi connectivity index (χ2v) is 5.71. The summed E-state index contributed by atoms with van der Waals surface area (Å²) in [5, 5.41) is 3.08. The highest BCUT2D eigenvalue weighted by Crippen LogP contribution is 2.31. The molecule has 1 unspecified atom stereocenters. The molecule has 5 heteroatoms. The largest absolute Gasteiger partial charge is 0.416 e. The molecule has 1 nitrogen and oxygen atoms in total. The van der Waals surface area contributed by atoms with Crippen molar-refractivity contribution in [2.24, 2.45) is 0 Å². The Morgan fingerprint density at radius 3 is 2.43 bits per heavy atom. The number of hydrogen-bond acceptors (Lipinski definition) is 1. The minimum Gasteiger partial charge on any atom is -0.313 e. The quantitative estimate of drug-likeness (QED) is 0.814. The number of hydrogen-bond donors (Lipinski definition) is 1. The van der Waals surface area contributed by atoms with Crippen LogP contribution in [0.3, 0.4) is 0 Å². The van der Waals surface area contributed by atoms with Gasteiger partial charge >= 0.3 is 6.18 Å². The lowest BCUT2D eigenvalue weighted by atomic mass is 9.97. The van der Waals surface area contributed by atoms with Crippen molar-refractivity contribution in [3.05, 3.63) is 69.7 Å². The molecule has 1 N–H and O–H groups in total. The average molecular weight is 358 g/mol. The molecule has 1 atom stereocenters. The van der Waals surface area contributed by atoms with Crippen molar-refractivity contribution in [3.63, 3.8) is 0 Å². The Bertz CT molecular complexity index is 610. The lowest BCUT2D eigenvalue weighted by Crippen LogP contribution is -2.19. The van der Waals surface area contributed by atoms with Crippen LogP contribution in [0.4, 0.5) is 13.2 Å². The van der Waals surface area contributed by atoms with Gasteiger partial charge in [-0.25, -0.2) is 0 Å². The minimum atomic E-state index is -4.32. The molecule has 0 aliphatic carbocycles. The maximum atomic E-state index is 12.8. The van der Waals surface area contributed by atoms with Crippen LogP contribution >= 0.6 is 15.9 Å². The van der Waals surface area contributed by atoms with E-state index < -0.39 is 11.7 Å². The monoisotopic (exact) mass is 357 g/mol. The van der Waals surface area contributed by atoms with Crippen LogP contribution in [-0.2, 0) is 12.6 Å². The Hall–Kier alpha value is -1.33. The summed E-state index contributed by atoms with van der Waals surface area (Å²) in [6.45, 7) is 0. The summed E-state index contributed by atoms with van der Waals surface area (Å²) >= 11 is 3.40. The molecule has 0 amide bonds. The zero-order valence-corrected chi connectivity index (χ0v) is 13.0. The molecule has 0 aliphatic rings.